The lowest BCUT2D eigenvalue weighted by Gasteiger charge is -2.07. The van der Waals surface area contributed by atoms with Crippen molar-refractivity contribution in [1.29, 1.82) is 0 Å². The first-order valence-electron chi connectivity index (χ1n) is 4.73. The summed E-state index contributed by atoms with van der Waals surface area (Å²) in [6.45, 7) is 0. The molecule has 2 rings (SSSR count). The van der Waals surface area contributed by atoms with E-state index in [0.29, 0.717) is 5.02 Å². The number of aromatic nitrogens is 2. The maximum atomic E-state index is 12.0. The predicted octanol–water partition coefficient (Wildman–Crippen LogP) is 2.58. The van der Waals surface area contributed by atoms with E-state index in [4.69, 9.17) is 23.2 Å². The molecule has 0 aliphatic rings. The molecule has 0 aliphatic heterocycles. The maximum Gasteiger partial charge on any atom is 0.263 e. The SMILES string of the molecule is O=S(=O)(Nc1cc(Cl)ccn1)c1ccnc(Cl)c1. The van der Waals surface area contributed by atoms with Gasteiger partial charge >= 0.3 is 0 Å². The van der Waals surface area contributed by atoms with Gasteiger partial charge in [-0.3, -0.25) is 4.72 Å². The van der Waals surface area contributed by atoms with Crippen molar-refractivity contribution in [3.8, 4) is 0 Å². The van der Waals surface area contributed by atoms with Crippen LogP contribution in [0.2, 0.25) is 10.2 Å². The first kappa shape index (κ1) is 13.1. The number of hydrogen-bond acceptors (Lipinski definition) is 4. The molecule has 0 spiro atoms. The first-order chi connectivity index (χ1) is 8.47. The molecule has 0 atom stereocenters. The van der Waals surface area contributed by atoms with Crippen LogP contribution in [0.5, 0.6) is 0 Å². The van der Waals surface area contributed by atoms with Gasteiger partial charge in [0.25, 0.3) is 10.0 Å². The molecule has 2 aromatic rings. The molecule has 0 fully saturated rings. The molecule has 0 bridgehead atoms. The lowest BCUT2D eigenvalue weighted by molar-refractivity contribution is 0.601. The Balaban J connectivity index is 2.33. The van der Waals surface area contributed by atoms with Crippen LogP contribution in [0.3, 0.4) is 0 Å². The van der Waals surface area contributed by atoms with E-state index in [1.807, 2.05) is 0 Å². The van der Waals surface area contributed by atoms with Crippen molar-refractivity contribution in [2.45, 2.75) is 4.90 Å². The van der Waals surface area contributed by atoms with Gasteiger partial charge in [0.05, 0.1) is 4.90 Å². The predicted molar refractivity (Wildman–Crippen MR) is 69.3 cm³/mol. The second kappa shape index (κ2) is 5.09. The zero-order valence-corrected chi connectivity index (χ0v) is 11.2. The summed E-state index contributed by atoms with van der Waals surface area (Å²) in [5, 5.41) is 0.479. The van der Waals surface area contributed by atoms with Crippen molar-refractivity contribution in [2.75, 3.05) is 4.72 Å². The molecule has 2 heterocycles. The highest BCUT2D eigenvalue weighted by molar-refractivity contribution is 7.92. The van der Waals surface area contributed by atoms with Crippen molar-refractivity contribution >= 4 is 39.0 Å². The van der Waals surface area contributed by atoms with Crippen LogP contribution in [-0.4, -0.2) is 18.4 Å². The quantitative estimate of drug-likeness (QED) is 0.885. The molecule has 0 aromatic carbocycles. The van der Waals surface area contributed by atoms with Gasteiger partial charge in [0.1, 0.15) is 11.0 Å². The monoisotopic (exact) mass is 303 g/mol. The first-order valence-corrected chi connectivity index (χ1v) is 6.97. The highest BCUT2D eigenvalue weighted by Gasteiger charge is 2.15. The van der Waals surface area contributed by atoms with Gasteiger partial charge in [-0.05, 0) is 18.2 Å². The molecule has 0 aliphatic carbocycles. The van der Waals surface area contributed by atoms with Crippen LogP contribution >= 0.6 is 23.2 Å². The molecular formula is C10H7Cl2N3O2S. The van der Waals surface area contributed by atoms with E-state index in [1.54, 1.807) is 6.07 Å². The Morgan fingerprint density at radius 3 is 2.44 bits per heavy atom. The Bertz CT molecular complexity index is 676. The Labute approximate surface area is 114 Å². The molecule has 0 saturated carbocycles. The topological polar surface area (TPSA) is 72.0 Å². The lowest BCUT2D eigenvalue weighted by Crippen LogP contribution is -2.13. The molecular weight excluding hydrogens is 297 g/mol. The van der Waals surface area contributed by atoms with E-state index in [2.05, 4.69) is 14.7 Å². The average Bonchev–Trinajstić information content (AvgIpc) is 2.28. The van der Waals surface area contributed by atoms with Crippen LogP contribution in [0.4, 0.5) is 5.82 Å². The van der Waals surface area contributed by atoms with Gasteiger partial charge in [-0.2, -0.15) is 0 Å². The van der Waals surface area contributed by atoms with Gasteiger partial charge < -0.3 is 0 Å². The number of pyridine rings is 2. The third-order valence-corrected chi connectivity index (χ3v) is 3.76. The second-order valence-electron chi connectivity index (χ2n) is 3.28. The number of halogens is 2. The Hall–Kier alpha value is -1.37. The zero-order valence-electron chi connectivity index (χ0n) is 8.84. The molecule has 0 unspecified atom stereocenters. The van der Waals surface area contributed by atoms with Crippen molar-refractivity contribution < 1.29 is 8.42 Å². The number of sulfonamides is 1. The van der Waals surface area contributed by atoms with Gasteiger partial charge in [0.2, 0.25) is 0 Å². The molecule has 0 radical (unpaired) electrons. The van der Waals surface area contributed by atoms with Gasteiger partial charge in [-0.1, -0.05) is 23.2 Å². The van der Waals surface area contributed by atoms with E-state index in [1.165, 1.54) is 30.6 Å². The van der Waals surface area contributed by atoms with Crippen molar-refractivity contribution in [3.05, 3.63) is 46.8 Å². The minimum atomic E-state index is -3.75. The molecule has 8 heteroatoms. The number of nitrogens with zero attached hydrogens (tertiary/aromatic N) is 2. The number of rotatable bonds is 3. The number of anilines is 1. The fraction of sp³-hybridized carbons (Fsp3) is 0. The molecule has 1 N–H and O–H groups in total. The second-order valence-corrected chi connectivity index (χ2v) is 5.79. The van der Waals surface area contributed by atoms with Gasteiger partial charge in [0, 0.05) is 23.5 Å². The summed E-state index contributed by atoms with van der Waals surface area (Å²) >= 11 is 11.4. The summed E-state index contributed by atoms with van der Waals surface area (Å²) in [5.41, 5.74) is 0. The lowest BCUT2D eigenvalue weighted by atomic mass is 10.5. The Morgan fingerprint density at radius 2 is 1.78 bits per heavy atom. The molecule has 0 amide bonds. The van der Waals surface area contributed by atoms with Crippen LogP contribution in [0.25, 0.3) is 0 Å². The molecule has 0 saturated heterocycles. The van der Waals surface area contributed by atoms with Crippen LogP contribution in [0, 0.1) is 0 Å². The third kappa shape index (κ3) is 3.10. The fourth-order valence-corrected chi connectivity index (χ4v) is 2.62. The summed E-state index contributed by atoms with van der Waals surface area (Å²) in [6.07, 6.45) is 2.71. The highest BCUT2D eigenvalue weighted by Crippen LogP contribution is 2.18. The molecule has 5 nitrogen and oxygen atoms in total. The largest absolute Gasteiger partial charge is 0.263 e. The fourth-order valence-electron chi connectivity index (χ4n) is 1.21. The van der Waals surface area contributed by atoms with E-state index in [9.17, 15) is 8.42 Å². The summed E-state index contributed by atoms with van der Waals surface area (Å²) in [7, 11) is -3.75. The van der Waals surface area contributed by atoms with Crippen molar-refractivity contribution in [1.82, 2.24) is 9.97 Å². The van der Waals surface area contributed by atoms with Crippen LogP contribution in [0.15, 0.2) is 41.6 Å². The average molecular weight is 304 g/mol. The van der Waals surface area contributed by atoms with Crippen LogP contribution in [-0.2, 0) is 10.0 Å². The molecule has 2 aromatic heterocycles. The van der Waals surface area contributed by atoms with E-state index in [0.717, 1.165) is 0 Å². The van der Waals surface area contributed by atoms with Gasteiger partial charge in [0.15, 0.2) is 0 Å². The molecule has 94 valence electrons. The summed E-state index contributed by atoms with van der Waals surface area (Å²) in [5.74, 6) is 0.135. The molecule has 18 heavy (non-hydrogen) atoms. The minimum Gasteiger partial charge on any atom is -0.263 e. The zero-order chi connectivity index (χ0) is 13.2. The minimum absolute atomic E-state index is 0.00396. The Kier molecular flexibility index (Phi) is 3.70. The van der Waals surface area contributed by atoms with Crippen LogP contribution < -0.4 is 4.72 Å². The highest BCUT2D eigenvalue weighted by atomic mass is 35.5. The number of nitrogens with one attached hydrogen (secondary N) is 1. The van der Waals surface area contributed by atoms with Crippen molar-refractivity contribution in [2.24, 2.45) is 0 Å². The van der Waals surface area contributed by atoms with E-state index < -0.39 is 10.0 Å². The maximum absolute atomic E-state index is 12.0. The van der Waals surface area contributed by atoms with E-state index >= 15 is 0 Å². The smallest absolute Gasteiger partial charge is 0.263 e. The standard InChI is InChI=1S/C10H7Cl2N3O2S/c11-7-1-3-14-10(5-7)15-18(16,17)8-2-4-13-9(12)6-8/h1-6H,(H,14,15). The number of hydrogen-bond donors (Lipinski definition) is 1. The van der Waals surface area contributed by atoms with Crippen LogP contribution in [0.1, 0.15) is 0 Å². The third-order valence-electron chi connectivity index (χ3n) is 1.97. The van der Waals surface area contributed by atoms with Gasteiger partial charge in [-0.15, -0.1) is 0 Å². The van der Waals surface area contributed by atoms with E-state index in [-0.39, 0.29) is 15.9 Å². The Morgan fingerprint density at radius 1 is 1.06 bits per heavy atom. The summed E-state index contributed by atoms with van der Waals surface area (Å²) in [4.78, 5) is 7.56. The van der Waals surface area contributed by atoms with Gasteiger partial charge in [-0.25, -0.2) is 18.4 Å². The van der Waals surface area contributed by atoms with Crippen molar-refractivity contribution in [3.63, 3.8) is 0 Å². The normalized spacial score (nSPS) is 11.2. The summed E-state index contributed by atoms with van der Waals surface area (Å²) in [6, 6.07) is 5.53. The summed E-state index contributed by atoms with van der Waals surface area (Å²) < 4.78 is 26.3.